The lowest BCUT2D eigenvalue weighted by Gasteiger charge is -2.29. The summed E-state index contributed by atoms with van der Waals surface area (Å²) in [5, 5.41) is 7.11. The molecule has 1 N–H and O–H groups in total. The molecule has 112 valence electrons. The molecule has 7 heteroatoms. The van der Waals surface area contributed by atoms with Gasteiger partial charge in [0.25, 0.3) is 0 Å². The summed E-state index contributed by atoms with van der Waals surface area (Å²) in [4.78, 5) is 2.86. The average Bonchev–Trinajstić information content (AvgIpc) is 2.92. The van der Waals surface area contributed by atoms with Gasteiger partial charge in [0.1, 0.15) is 5.82 Å². The van der Waals surface area contributed by atoms with Crippen LogP contribution in [0.5, 0.6) is 0 Å². The van der Waals surface area contributed by atoms with Gasteiger partial charge in [0, 0.05) is 21.5 Å². The molecule has 1 aliphatic rings. The quantitative estimate of drug-likeness (QED) is 0.328. The smallest absolute Gasteiger partial charge is 0.145 e. The molecular weight excluding hydrogens is 371 g/mol. The van der Waals surface area contributed by atoms with E-state index >= 15 is 0 Å². The second kappa shape index (κ2) is 5.80. The molecule has 1 aliphatic heterocycles. The van der Waals surface area contributed by atoms with Crippen molar-refractivity contribution in [1.29, 1.82) is 0 Å². The summed E-state index contributed by atoms with van der Waals surface area (Å²) in [6, 6.07) is 11.0. The molecule has 1 atom stereocenters. The van der Waals surface area contributed by atoms with Crippen LogP contribution < -0.4 is 5.32 Å². The van der Waals surface area contributed by atoms with Crippen LogP contribution in [0.25, 0.3) is 10.4 Å². The van der Waals surface area contributed by atoms with E-state index in [0.29, 0.717) is 16.6 Å². The minimum Gasteiger partial charge on any atom is -0.375 e. The Labute approximate surface area is 140 Å². The Balaban J connectivity index is 2.12. The molecule has 0 saturated heterocycles. The van der Waals surface area contributed by atoms with E-state index < -0.39 is 11.4 Å². The van der Waals surface area contributed by atoms with Gasteiger partial charge in [-0.3, -0.25) is 0 Å². The monoisotopic (exact) mass is 380 g/mol. The Kier molecular flexibility index (Phi) is 4.00. The first kappa shape index (κ1) is 15.2. The molecule has 0 saturated carbocycles. The highest BCUT2D eigenvalue weighted by molar-refractivity contribution is 9.10. The van der Waals surface area contributed by atoms with Gasteiger partial charge in [0.05, 0.1) is 17.1 Å². The fourth-order valence-corrected chi connectivity index (χ4v) is 3.50. The molecule has 0 aromatic heterocycles. The average molecular weight is 382 g/mol. The largest absolute Gasteiger partial charge is 0.375 e. The number of nitrogens with one attached hydrogen (secondary N) is 1. The second-order valence-corrected chi connectivity index (χ2v) is 6.32. The third-order valence-corrected chi connectivity index (χ3v) is 5.32. The Hall–Kier alpha value is -1.75. The van der Waals surface area contributed by atoms with Gasteiger partial charge in [0.15, 0.2) is 0 Å². The van der Waals surface area contributed by atoms with Crippen molar-refractivity contribution in [3.8, 4) is 0 Å². The summed E-state index contributed by atoms with van der Waals surface area (Å²) in [5.41, 5.74) is 10.6. The lowest BCUT2D eigenvalue weighted by molar-refractivity contribution is 0.521. The molecule has 3 rings (SSSR count). The molecule has 1 unspecified atom stereocenters. The van der Waals surface area contributed by atoms with Gasteiger partial charge >= 0.3 is 0 Å². The zero-order chi connectivity index (χ0) is 15.7. The van der Waals surface area contributed by atoms with Crippen molar-refractivity contribution in [2.75, 3.05) is 11.9 Å². The number of hydrogen-bond acceptors (Lipinski definition) is 2. The van der Waals surface area contributed by atoms with Crippen LogP contribution in [0.3, 0.4) is 0 Å². The standard InChI is InChI=1S/C15H11BrClFN4/c16-13-10-7-15(8-20-22-19,9-4-2-1-3-5-9)21-12(10)6-11(18)14(13)17/h1-6,21H,7-8H2. The summed E-state index contributed by atoms with van der Waals surface area (Å²) >= 11 is 9.33. The second-order valence-electron chi connectivity index (χ2n) is 5.15. The fourth-order valence-electron chi connectivity index (χ4n) is 2.79. The molecule has 0 amide bonds. The minimum atomic E-state index is -0.602. The topological polar surface area (TPSA) is 60.8 Å². The molecule has 4 nitrogen and oxygen atoms in total. The summed E-state index contributed by atoms with van der Waals surface area (Å²) < 4.78 is 14.4. The number of fused-ring (bicyclic) bond motifs is 1. The van der Waals surface area contributed by atoms with E-state index in [2.05, 4.69) is 31.3 Å². The lowest BCUT2D eigenvalue weighted by Crippen LogP contribution is -2.36. The predicted octanol–water partition coefficient (Wildman–Crippen LogP) is 5.42. The van der Waals surface area contributed by atoms with E-state index in [1.165, 1.54) is 6.07 Å². The summed E-state index contributed by atoms with van der Waals surface area (Å²) in [5.74, 6) is -0.493. The van der Waals surface area contributed by atoms with Crippen molar-refractivity contribution in [3.63, 3.8) is 0 Å². The molecule has 0 spiro atoms. The maximum absolute atomic E-state index is 13.9. The van der Waals surface area contributed by atoms with E-state index in [1.807, 2.05) is 30.3 Å². The lowest BCUT2D eigenvalue weighted by atomic mass is 9.87. The van der Waals surface area contributed by atoms with Crippen LogP contribution in [0.4, 0.5) is 10.1 Å². The molecular formula is C15H11BrClFN4. The first-order valence-corrected chi connectivity index (χ1v) is 7.75. The van der Waals surface area contributed by atoms with E-state index in [4.69, 9.17) is 17.1 Å². The van der Waals surface area contributed by atoms with Crippen molar-refractivity contribution in [1.82, 2.24) is 0 Å². The molecule has 0 aliphatic carbocycles. The van der Waals surface area contributed by atoms with E-state index in [9.17, 15) is 4.39 Å². The summed E-state index contributed by atoms with van der Waals surface area (Å²) in [6.07, 6.45) is 0.548. The highest BCUT2D eigenvalue weighted by atomic mass is 79.9. The Morgan fingerprint density at radius 2 is 2.14 bits per heavy atom. The van der Waals surface area contributed by atoms with Crippen molar-refractivity contribution in [2.24, 2.45) is 5.11 Å². The number of halogens is 3. The first-order valence-electron chi connectivity index (χ1n) is 6.58. The maximum Gasteiger partial charge on any atom is 0.145 e. The highest BCUT2D eigenvalue weighted by Gasteiger charge is 2.39. The van der Waals surface area contributed by atoms with Gasteiger partial charge in [-0.2, -0.15) is 0 Å². The van der Waals surface area contributed by atoms with Crippen LogP contribution in [-0.2, 0) is 12.0 Å². The molecule has 0 bridgehead atoms. The third-order valence-electron chi connectivity index (χ3n) is 3.85. The molecule has 1 heterocycles. The van der Waals surface area contributed by atoms with Crippen molar-refractivity contribution < 1.29 is 4.39 Å². The van der Waals surface area contributed by atoms with Crippen molar-refractivity contribution in [3.05, 3.63) is 73.3 Å². The van der Waals surface area contributed by atoms with Gasteiger partial charge in [-0.15, -0.1) is 0 Å². The van der Waals surface area contributed by atoms with Crippen LogP contribution in [0.1, 0.15) is 11.1 Å². The summed E-state index contributed by atoms with van der Waals surface area (Å²) in [6.45, 7) is 0.216. The number of hydrogen-bond donors (Lipinski definition) is 1. The van der Waals surface area contributed by atoms with Crippen LogP contribution in [0.15, 0.2) is 46.0 Å². The number of nitrogens with zero attached hydrogens (tertiary/aromatic N) is 3. The van der Waals surface area contributed by atoms with Crippen LogP contribution in [0, 0.1) is 5.82 Å². The van der Waals surface area contributed by atoms with Crippen LogP contribution in [-0.4, -0.2) is 6.54 Å². The van der Waals surface area contributed by atoms with Gasteiger partial charge < -0.3 is 5.32 Å². The third kappa shape index (κ3) is 2.43. The molecule has 22 heavy (non-hydrogen) atoms. The van der Waals surface area contributed by atoms with Crippen molar-refractivity contribution >= 4 is 33.2 Å². The zero-order valence-electron chi connectivity index (χ0n) is 11.4. The van der Waals surface area contributed by atoms with E-state index in [1.54, 1.807) is 0 Å². The number of azide groups is 1. The maximum atomic E-state index is 13.9. The van der Waals surface area contributed by atoms with Crippen LogP contribution >= 0.6 is 27.5 Å². The molecule has 2 aromatic carbocycles. The normalized spacial score (nSPS) is 19.2. The molecule has 0 radical (unpaired) electrons. The van der Waals surface area contributed by atoms with E-state index in [0.717, 1.165) is 11.1 Å². The Morgan fingerprint density at radius 1 is 1.41 bits per heavy atom. The van der Waals surface area contributed by atoms with Gasteiger partial charge in [0.2, 0.25) is 0 Å². The Morgan fingerprint density at radius 3 is 2.82 bits per heavy atom. The number of anilines is 1. The van der Waals surface area contributed by atoms with Gasteiger partial charge in [-0.25, -0.2) is 4.39 Å². The number of benzene rings is 2. The van der Waals surface area contributed by atoms with E-state index in [-0.39, 0.29) is 11.6 Å². The summed E-state index contributed by atoms with van der Waals surface area (Å²) in [7, 11) is 0. The highest BCUT2D eigenvalue weighted by Crippen LogP contribution is 2.45. The first-order chi connectivity index (χ1) is 10.6. The van der Waals surface area contributed by atoms with Crippen molar-refractivity contribution in [2.45, 2.75) is 12.0 Å². The minimum absolute atomic E-state index is 0.0631. The predicted molar refractivity (Wildman–Crippen MR) is 88.6 cm³/mol. The van der Waals surface area contributed by atoms with Gasteiger partial charge in [-0.1, -0.05) is 47.0 Å². The fraction of sp³-hybridized carbons (Fsp3) is 0.200. The Bertz CT molecular complexity index is 777. The number of rotatable bonds is 3. The van der Waals surface area contributed by atoms with Gasteiger partial charge in [-0.05, 0) is 38.7 Å². The molecule has 0 fully saturated rings. The molecule has 2 aromatic rings. The SMILES string of the molecule is [N-]=[N+]=NCC1(c2ccccc2)Cc2c(cc(F)c(Cl)c2Br)N1. The van der Waals surface area contributed by atoms with Crippen LogP contribution in [0.2, 0.25) is 5.02 Å². The zero-order valence-corrected chi connectivity index (χ0v) is 13.7.